The van der Waals surface area contributed by atoms with Gasteiger partial charge < -0.3 is 10.1 Å². The molecule has 0 aliphatic carbocycles. The Morgan fingerprint density at radius 2 is 1.62 bits per heavy atom. The molecule has 0 spiro atoms. The molecule has 0 saturated heterocycles. The van der Waals surface area contributed by atoms with Crippen LogP contribution in [0.15, 0.2) is 91.0 Å². The number of benzene rings is 4. The van der Waals surface area contributed by atoms with Gasteiger partial charge in [0.25, 0.3) is 5.69 Å². The molecule has 5 heteroatoms. The van der Waals surface area contributed by atoms with Crippen LogP contribution in [-0.2, 0) is 13.2 Å². The molecule has 0 unspecified atom stereocenters. The lowest BCUT2D eigenvalue weighted by Crippen LogP contribution is -2.00. The molecule has 4 aromatic carbocycles. The molecule has 0 bridgehead atoms. The molecule has 0 aliphatic heterocycles. The second kappa shape index (κ2) is 8.44. The Hall–Kier alpha value is -3.86. The van der Waals surface area contributed by atoms with Crippen LogP contribution in [-0.4, -0.2) is 4.92 Å². The van der Waals surface area contributed by atoms with Crippen molar-refractivity contribution in [2.45, 2.75) is 13.2 Å². The molecule has 0 saturated carbocycles. The van der Waals surface area contributed by atoms with Crippen LogP contribution in [0.25, 0.3) is 10.8 Å². The van der Waals surface area contributed by atoms with E-state index in [2.05, 4.69) is 29.6 Å². The van der Waals surface area contributed by atoms with Crippen molar-refractivity contribution < 1.29 is 9.66 Å². The van der Waals surface area contributed by atoms with Crippen LogP contribution in [0.1, 0.15) is 11.1 Å². The van der Waals surface area contributed by atoms with Crippen molar-refractivity contribution in [3.8, 4) is 5.75 Å². The standard InChI is InChI=1S/C24H20N2O3/c27-26(28)22-9-4-8-21(15-22)25-16-18-11-13-23(14-12-18)29-17-20-7-3-6-19-5-1-2-10-24(19)20/h1-15,25H,16-17H2. The number of hydrogen-bond donors (Lipinski definition) is 1. The second-order valence-corrected chi connectivity index (χ2v) is 6.73. The van der Waals surface area contributed by atoms with Crippen molar-refractivity contribution in [2.75, 3.05) is 5.32 Å². The Labute approximate surface area is 168 Å². The molecule has 1 N–H and O–H groups in total. The monoisotopic (exact) mass is 384 g/mol. The zero-order valence-corrected chi connectivity index (χ0v) is 15.7. The van der Waals surface area contributed by atoms with Crippen LogP contribution in [0.2, 0.25) is 0 Å². The fraction of sp³-hybridized carbons (Fsp3) is 0.0833. The molecule has 5 nitrogen and oxygen atoms in total. The molecule has 0 aromatic heterocycles. The first kappa shape index (κ1) is 18.5. The molecule has 4 aromatic rings. The third kappa shape index (κ3) is 4.52. The summed E-state index contributed by atoms with van der Waals surface area (Å²) in [6.45, 7) is 1.08. The smallest absolute Gasteiger partial charge is 0.271 e. The fourth-order valence-electron chi connectivity index (χ4n) is 3.22. The number of ether oxygens (including phenoxy) is 1. The zero-order chi connectivity index (χ0) is 20.1. The predicted octanol–water partition coefficient (Wildman–Crippen LogP) is 5.94. The summed E-state index contributed by atoms with van der Waals surface area (Å²) >= 11 is 0. The van der Waals surface area contributed by atoms with Gasteiger partial charge in [-0.25, -0.2) is 0 Å². The average molecular weight is 384 g/mol. The minimum Gasteiger partial charge on any atom is -0.489 e. The number of rotatable bonds is 7. The van der Waals surface area contributed by atoms with E-state index < -0.39 is 4.92 Å². The number of nitro benzene ring substituents is 1. The van der Waals surface area contributed by atoms with Crippen molar-refractivity contribution in [1.82, 2.24) is 0 Å². The third-order valence-corrected chi connectivity index (χ3v) is 4.75. The number of nitrogens with zero attached hydrogens (tertiary/aromatic N) is 1. The number of hydrogen-bond acceptors (Lipinski definition) is 4. The summed E-state index contributed by atoms with van der Waals surface area (Å²) < 4.78 is 5.96. The normalized spacial score (nSPS) is 10.6. The summed E-state index contributed by atoms with van der Waals surface area (Å²) in [6, 6.07) is 28.9. The maximum atomic E-state index is 10.9. The summed E-state index contributed by atoms with van der Waals surface area (Å²) in [4.78, 5) is 10.5. The third-order valence-electron chi connectivity index (χ3n) is 4.75. The molecule has 144 valence electrons. The fourth-order valence-corrected chi connectivity index (χ4v) is 3.22. The minimum absolute atomic E-state index is 0.0761. The molecular weight excluding hydrogens is 364 g/mol. The SMILES string of the molecule is O=[N+]([O-])c1cccc(NCc2ccc(OCc3cccc4ccccc34)cc2)c1. The maximum Gasteiger partial charge on any atom is 0.271 e. The van der Waals surface area contributed by atoms with Gasteiger partial charge in [0.15, 0.2) is 0 Å². The highest BCUT2D eigenvalue weighted by atomic mass is 16.6. The number of anilines is 1. The quantitative estimate of drug-likeness (QED) is 0.316. The maximum absolute atomic E-state index is 10.9. The first-order valence-electron chi connectivity index (χ1n) is 9.36. The number of nitro groups is 1. The summed E-state index contributed by atoms with van der Waals surface area (Å²) in [7, 11) is 0. The van der Waals surface area contributed by atoms with Crippen molar-refractivity contribution in [2.24, 2.45) is 0 Å². The first-order valence-corrected chi connectivity index (χ1v) is 9.36. The highest BCUT2D eigenvalue weighted by Crippen LogP contribution is 2.22. The Morgan fingerprint density at radius 3 is 2.45 bits per heavy atom. The Balaban J connectivity index is 1.37. The van der Waals surface area contributed by atoms with Crippen LogP contribution in [0.5, 0.6) is 5.75 Å². The van der Waals surface area contributed by atoms with Crippen LogP contribution in [0, 0.1) is 10.1 Å². The lowest BCUT2D eigenvalue weighted by molar-refractivity contribution is -0.384. The van der Waals surface area contributed by atoms with Crippen LogP contribution < -0.4 is 10.1 Å². The predicted molar refractivity (Wildman–Crippen MR) is 115 cm³/mol. The molecular formula is C24H20N2O3. The van der Waals surface area contributed by atoms with Gasteiger partial charge in [-0.1, -0.05) is 60.7 Å². The molecule has 0 aliphatic rings. The minimum atomic E-state index is -0.396. The lowest BCUT2D eigenvalue weighted by atomic mass is 10.1. The van der Waals surface area contributed by atoms with Crippen LogP contribution in [0.3, 0.4) is 0 Å². The number of nitrogens with one attached hydrogen (secondary N) is 1. The lowest BCUT2D eigenvalue weighted by Gasteiger charge is -2.10. The van der Waals surface area contributed by atoms with Gasteiger partial charge in [0.2, 0.25) is 0 Å². The summed E-state index contributed by atoms with van der Waals surface area (Å²) in [5.74, 6) is 0.803. The van der Waals surface area contributed by atoms with Crippen molar-refractivity contribution in [3.05, 3.63) is 112 Å². The van der Waals surface area contributed by atoms with E-state index in [1.807, 2.05) is 48.5 Å². The molecule has 0 fully saturated rings. The highest BCUT2D eigenvalue weighted by Gasteiger charge is 2.06. The molecule has 0 amide bonds. The molecule has 4 rings (SSSR count). The van der Waals surface area contributed by atoms with Gasteiger partial charge in [-0.05, 0) is 40.1 Å². The van der Waals surface area contributed by atoms with Gasteiger partial charge in [-0.2, -0.15) is 0 Å². The molecule has 0 radical (unpaired) electrons. The molecule has 0 heterocycles. The van der Waals surface area contributed by atoms with Crippen LogP contribution >= 0.6 is 0 Å². The van der Waals surface area contributed by atoms with E-state index >= 15 is 0 Å². The van der Waals surface area contributed by atoms with Crippen LogP contribution in [0.4, 0.5) is 11.4 Å². The first-order chi connectivity index (χ1) is 14.2. The number of non-ortho nitro benzene ring substituents is 1. The van der Waals surface area contributed by atoms with Gasteiger partial charge in [0, 0.05) is 24.4 Å². The van der Waals surface area contributed by atoms with Gasteiger partial charge in [-0.3, -0.25) is 10.1 Å². The Kier molecular flexibility index (Phi) is 5.38. The van der Waals surface area contributed by atoms with Gasteiger partial charge in [0.05, 0.1) is 4.92 Å². The van der Waals surface area contributed by atoms with E-state index in [1.165, 1.54) is 22.9 Å². The van der Waals surface area contributed by atoms with E-state index in [-0.39, 0.29) is 5.69 Å². The van der Waals surface area contributed by atoms with E-state index in [4.69, 9.17) is 4.74 Å². The van der Waals surface area contributed by atoms with Gasteiger partial charge >= 0.3 is 0 Å². The summed E-state index contributed by atoms with van der Waals surface area (Å²) in [5, 5.41) is 16.5. The number of fused-ring (bicyclic) bond motifs is 1. The largest absolute Gasteiger partial charge is 0.489 e. The molecule has 0 atom stereocenters. The molecule has 29 heavy (non-hydrogen) atoms. The van der Waals surface area contributed by atoms with Gasteiger partial charge in [0.1, 0.15) is 12.4 Å². The zero-order valence-electron chi connectivity index (χ0n) is 15.7. The summed E-state index contributed by atoms with van der Waals surface area (Å²) in [5.41, 5.74) is 3.01. The van der Waals surface area contributed by atoms with E-state index in [0.717, 1.165) is 22.6 Å². The van der Waals surface area contributed by atoms with Gasteiger partial charge in [-0.15, -0.1) is 0 Å². The van der Waals surface area contributed by atoms with Crippen molar-refractivity contribution in [1.29, 1.82) is 0 Å². The van der Waals surface area contributed by atoms with E-state index in [0.29, 0.717) is 13.2 Å². The van der Waals surface area contributed by atoms with E-state index in [9.17, 15) is 10.1 Å². The van der Waals surface area contributed by atoms with E-state index in [1.54, 1.807) is 6.07 Å². The summed E-state index contributed by atoms with van der Waals surface area (Å²) in [6.07, 6.45) is 0. The highest BCUT2D eigenvalue weighted by molar-refractivity contribution is 5.85. The Bertz CT molecular complexity index is 1130. The second-order valence-electron chi connectivity index (χ2n) is 6.73. The Morgan fingerprint density at radius 1 is 0.862 bits per heavy atom. The average Bonchev–Trinajstić information content (AvgIpc) is 2.77. The van der Waals surface area contributed by atoms with Crippen molar-refractivity contribution >= 4 is 22.1 Å². The topological polar surface area (TPSA) is 64.4 Å². The van der Waals surface area contributed by atoms with Crippen molar-refractivity contribution in [3.63, 3.8) is 0 Å².